The molecule has 3 nitrogen and oxygen atoms in total. The highest BCUT2D eigenvalue weighted by Crippen LogP contribution is 2.16. The fraction of sp³-hybridized carbons (Fsp3) is 0.909. The average molecular weight is 197 g/mol. The molecule has 1 rings (SSSR count). The molecular weight excluding hydrogens is 178 g/mol. The van der Waals surface area contributed by atoms with Gasteiger partial charge in [-0.15, -0.1) is 0 Å². The fourth-order valence-electron chi connectivity index (χ4n) is 1.64. The minimum absolute atomic E-state index is 0.484. The van der Waals surface area contributed by atoms with E-state index in [1.165, 1.54) is 12.8 Å². The summed E-state index contributed by atoms with van der Waals surface area (Å²) in [5, 5.41) is 8.29. The molecule has 0 aromatic heterocycles. The number of nitriles is 1. The fourth-order valence-corrected chi connectivity index (χ4v) is 1.64. The molecule has 0 aliphatic carbocycles. The Hall–Kier alpha value is -0.590. The normalized spacial score (nSPS) is 20.9. The van der Waals surface area contributed by atoms with Gasteiger partial charge in [0.25, 0.3) is 0 Å². The molecule has 1 fully saturated rings. The lowest BCUT2D eigenvalue weighted by Gasteiger charge is -2.08. The minimum Gasteiger partial charge on any atom is -0.381 e. The van der Waals surface area contributed by atoms with Crippen molar-refractivity contribution in [2.45, 2.75) is 44.6 Å². The molecule has 0 amide bonds. The second-order valence-corrected chi connectivity index (χ2v) is 3.65. The Morgan fingerprint density at radius 1 is 1.36 bits per heavy atom. The van der Waals surface area contributed by atoms with Crippen LogP contribution in [0.4, 0.5) is 0 Å². The van der Waals surface area contributed by atoms with Crippen LogP contribution in [0.15, 0.2) is 0 Å². The molecular formula is C11H19NO2. The van der Waals surface area contributed by atoms with Crippen molar-refractivity contribution in [2.24, 2.45) is 0 Å². The zero-order valence-electron chi connectivity index (χ0n) is 8.71. The number of unbranched alkanes of at least 4 members (excludes halogenated alkanes) is 1. The van der Waals surface area contributed by atoms with Gasteiger partial charge < -0.3 is 9.47 Å². The van der Waals surface area contributed by atoms with Crippen LogP contribution in [0.5, 0.6) is 0 Å². The van der Waals surface area contributed by atoms with Crippen molar-refractivity contribution in [3.8, 4) is 6.07 Å². The molecule has 0 radical (unpaired) electrons. The van der Waals surface area contributed by atoms with Crippen LogP contribution >= 0.6 is 0 Å². The van der Waals surface area contributed by atoms with Crippen LogP contribution in [-0.4, -0.2) is 25.9 Å². The van der Waals surface area contributed by atoms with Gasteiger partial charge in [0, 0.05) is 26.2 Å². The number of nitrogens with zero attached hydrogens (tertiary/aromatic N) is 1. The van der Waals surface area contributed by atoms with E-state index in [9.17, 15) is 0 Å². The quantitative estimate of drug-likeness (QED) is 0.588. The number of hydrogen-bond donors (Lipinski definition) is 0. The average Bonchev–Trinajstić information content (AvgIpc) is 2.69. The van der Waals surface area contributed by atoms with Crippen molar-refractivity contribution in [3.05, 3.63) is 0 Å². The highest BCUT2D eigenvalue weighted by molar-refractivity contribution is 4.67. The predicted molar refractivity (Wildman–Crippen MR) is 53.9 cm³/mol. The molecule has 1 aliphatic heterocycles. The van der Waals surface area contributed by atoms with E-state index in [4.69, 9.17) is 14.7 Å². The van der Waals surface area contributed by atoms with E-state index in [0.29, 0.717) is 12.5 Å². The number of rotatable bonds is 7. The summed E-state index contributed by atoms with van der Waals surface area (Å²) in [5.41, 5.74) is 0. The Kier molecular flexibility index (Phi) is 6.38. The second kappa shape index (κ2) is 7.78. The Bertz CT molecular complexity index is 171. The first kappa shape index (κ1) is 11.5. The molecule has 80 valence electrons. The van der Waals surface area contributed by atoms with Crippen LogP contribution in [0.25, 0.3) is 0 Å². The molecule has 14 heavy (non-hydrogen) atoms. The summed E-state index contributed by atoms with van der Waals surface area (Å²) in [4.78, 5) is 0. The molecule has 1 saturated heterocycles. The molecule has 0 aromatic carbocycles. The molecule has 1 atom stereocenters. The lowest BCUT2D eigenvalue weighted by Crippen LogP contribution is -2.06. The van der Waals surface area contributed by atoms with Gasteiger partial charge in [-0.25, -0.2) is 0 Å². The van der Waals surface area contributed by atoms with Crippen LogP contribution < -0.4 is 0 Å². The minimum atomic E-state index is 0.484. The molecule has 0 N–H and O–H groups in total. The summed E-state index contributed by atoms with van der Waals surface area (Å²) in [5.74, 6) is 0. The van der Waals surface area contributed by atoms with Gasteiger partial charge in [0.05, 0.1) is 12.2 Å². The first-order valence-electron chi connectivity index (χ1n) is 5.50. The van der Waals surface area contributed by atoms with Gasteiger partial charge in [-0.1, -0.05) is 0 Å². The van der Waals surface area contributed by atoms with Crippen LogP contribution in [0.3, 0.4) is 0 Å². The van der Waals surface area contributed by atoms with Gasteiger partial charge in [-0.05, 0) is 32.1 Å². The summed E-state index contributed by atoms with van der Waals surface area (Å²) in [6.45, 7) is 2.47. The molecule has 0 bridgehead atoms. The van der Waals surface area contributed by atoms with Gasteiger partial charge >= 0.3 is 0 Å². The first-order valence-corrected chi connectivity index (χ1v) is 5.50. The van der Waals surface area contributed by atoms with E-state index >= 15 is 0 Å². The zero-order chi connectivity index (χ0) is 10.1. The molecule has 1 heterocycles. The van der Waals surface area contributed by atoms with Crippen molar-refractivity contribution in [2.75, 3.05) is 19.8 Å². The van der Waals surface area contributed by atoms with Crippen molar-refractivity contribution < 1.29 is 9.47 Å². The highest BCUT2D eigenvalue weighted by Gasteiger charge is 2.14. The maximum atomic E-state index is 8.29. The second-order valence-electron chi connectivity index (χ2n) is 3.65. The number of hydrogen-bond acceptors (Lipinski definition) is 3. The first-order chi connectivity index (χ1) is 6.93. The molecule has 0 aromatic rings. The van der Waals surface area contributed by atoms with Gasteiger partial charge in [-0.3, -0.25) is 0 Å². The van der Waals surface area contributed by atoms with Crippen LogP contribution in [-0.2, 0) is 9.47 Å². The topological polar surface area (TPSA) is 42.2 Å². The third-order valence-electron chi connectivity index (χ3n) is 2.42. The summed E-state index contributed by atoms with van der Waals surface area (Å²) >= 11 is 0. The SMILES string of the molecule is N#CCCCOCCCC1CCCO1. The van der Waals surface area contributed by atoms with E-state index in [1.807, 2.05) is 0 Å². The standard InChI is InChI=1S/C11H19NO2/c12-7-1-2-8-13-9-3-5-11-6-4-10-14-11/h11H,1-6,8-10H2. The summed E-state index contributed by atoms with van der Waals surface area (Å²) in [7, 11) is 0. The maximum Gasteiger partial charge on any atom is 0.0622 e. The monoisotopic (exact) mass is 197 g/mol. The highest BCUT2D eigenvalue weighted by atomic mass is 16.5. The van der Waals surface area contributed by atoms with E-state index in [0.717, 1.165) is 39.1 Å². The molecule has 0 spiro atoms. The van der Waals surface area contributed by atoms with Crippen LogP contribution in [0.1, 0.15) is 38.5 Å². The van der Waals surface area contributed by atoms with E-state index in [2.05, 4.69) is 6.07 Å². The largest absolute Gasteiger partial charge is 0.381 e. The summed E-state index contributed by atoms with van der Waals surface area (Å²) in [6.07, 6.45) is 6.58. The van der Waals surface area contributed by atoms with Crippen molar-refractivity contribution in [1.29, 1.82) is 5.26 Å². The molecule has 3 heteroatoms. The Balaban J connectivity index is 1.78. The van der Waals surface area contributed by atoms with Crippen molar-refractivity contribution in [1.82, 2.24) is 0 Å². The third kappa shape index (κ3) is 5.21. The molecule has 1 unspecified atom stereocenters. The van der Waals surface area contributed by atoms with Crippen molar-refractivity contribution in [3.63, 3.8) is 0 Å². The van der Waals surface area contributed by atoms with Gasteiger partial charge in [0.15, 0.2) is 0 Å². The smallest absolute Gasteiger partial charge is 0.0622 e. The predicted octanol–water partition coefficient (Wildman–Crippen LogP) is 2.27. The van der Waals surface area contributed by atoms with E-state index in [-0.39, 0.29) is 0 Å². The Labute approximate surface area is 86.0 Å². The van der Waals surface area contributed by atoms with Crippen molar-refractivity contribution >= 4 is 0 Å². The Morgan fingerprint density at radius 3 is 2.93 bits per heavy atom. The van der Waals surface area contributed by atoms with Crippen LogP contribution in [0, 0.1) is 11.3 Å². The zero-order valence-corrected chi connectivity index (χ0v) is 8.71. The van der Waals surface area contributed by atoms with E-state index < -0.39 is 0 Å². The maximum absolute atomic E-state index is 8.29. The Morgan fingerprint density at radius 2 is 2.21 bits per heavy atom. The molecule has 1 aliphatic rings. The third-order valence-corrected chi connectivity index (χ3v) is 2.42. The van der Waals surface area contributed by atoms with Gasteiger partial charge in [0.1, 0.15) is 0 Å². The summed E-state index contributed by atoms with van der Waals surface area (Å²) in [6, 6.07) is 2.10. The lowest BCUT2D eigenvalue weighted by molar-refractivity contribution is 0.0815. The lowest BCUT2D eigenvalue weighted by atomic mass is 10.1. The van der Waals surface area contributed by atoms with E-state index in [1.54, 1.807) is 0 Å². The summed E-state index contributed by atoms with van der Waals surface area (Å²) < 4.78 is 10.9. The van der Waals surface area contributed by atoms with Crippen LogP contribution in [0.2, 0.25) is 0 Å². The van der Waals surface area contributed by atoms with Gasteiger partial charge in [-0.2, -0.15) is 5.26 Å². The van der Waals surface area contributed by atoms with Gasteiger partial charge in [0.2, 0.25) is 0 Å². The molecule has 0 saturated carbocycles. The number of ether oxygens (including phenoxy) is 2.